The summed E-state index contributed by atoms with van der Waals surface area (Å²) in [6.07, 6.45) is 5.86. The first-order chi connectivity index (χ1) is 16.5. The van der Waals surface area contributed by atoms with Crippen LogP contribution in [0.25, 0.3) is 22.4 Å². The number of rotatable bonds is 5. The van der Waals surface area contributed by atoms with E-state index in [1.54, 1.807) is 37.6 Å². The van der Waals surface area contributed by atoms with Crippen LogP contribution in [0, 0.1) is 6.92 Å². The molecule has 1 N–H and O–H groups in total. The zero-order chi connectivity index (χ0) is 23.7. The van der Waals surface area contributed by atoms with Crippen molar-refractivity contribution in [2.24, 2.45) is 0 Å². The highest BCUT2D eigenvalue weighted by molar-refractivity contribution is 6.05. The number of hydrogen-bond acceptors (Lipinski definition) is 5. The van der Waals surface area contributed by atoms with E-state index >= 15 is 0 Å². The van der Waals surface area contributed by atoms with Gasteiger partial charge in [0.2, 0.25) is 0 Å². The van der Waals surface area contributed by atoms with Crippen molar-refractivity contribution in [3.05, 3.63) is 82.3 Å². The van der Waals surface area contributed by atoms with Crippen molar-refractivity contribution in [1.82, 2.24) is 14.5 Å². The molecule has 0 aliphatic heterocycles. The molecule has 0 bridgehead atoms. The Labute approximate surface area is 197 Å². The first-order valence-corrected chi connectivity index (χ1v) is 11.5. The summed E-state index contributed by atoms with van der Waals surface area (Å²) in [4.78, 5) is 35.4. The summed E-state index contributed by atoms with van der Waals surface area (Å²) in [5, 5.41) is 2.91. The second-order valence-corrected chi connectivity index (χ2v) is 8.66. The number of amides is 1. The molecule has 1 aliphatic carbocycles. The number of nitrogens with one attached hydrogen (secondary N) is 1. The molecule has 0 atom stereocenters. The number of fused-ring (bicyclic) bond motifs is 1. The third kappa shape index (κ3) is 4.05. The third-order valence-corrected chi connectivity index (χ3v) is 6.36. The number of pyridine rings is 1. The molecule has 1 amide bonds. The van der Waals surface area contributed by atoms with Gasteiger partial charge in [0.1, 0.15) is 17.0 Å². The fraction of sp³-hybridized carbons (Fsp3) is 0.259. The molecular weight excluding hydrogens is 428 g/mol. The lowest BCUT2D eigenvalue weighted by atomic mass is 10.1. The molecule has 1 saturated carbocycles. The summed E-state index contributed by atoms with van der Waals surface area (Å²) in [6, 6.07) is 16.4. The van der Waals surface area contributed by atoms with Crippen LogP contribution in [0.15, 0.2) is 65.6 Å². The van der Waals surface area contributed by atoms with Crippen molar-refractivity contribution in [2.75, 3.05) is 12.4 Å². The van der Waals surface area contributed by atoms with Crippen molar-refractivity contribution >= 4 is 22.8 Å². The predicted octanol–water partition coefficient (Wildman–Crippen LogP) is 5.14. The molecule has 172 valence electrons. The van der Waals surface area contributed by atoms with Gasteiger partial charge in [-0.25, -0.2) is 9.97 Å². The molecule has 0 spiro atoms. The van der Waals surface area contributed by atoms with Gasteiger partial charge >= 0.3 is 0 Å². The maximum absolute atomic E-state index is 13.5. The number of ether oxygens (including phenoxy) is 1. The van der Waals surface area contributed by atoms with E-state index in [1.807, 2.05) is 41.8 Å². The van der Waals surface area contributed by atoms with E-state index in [2.05, 4.69) is 15.3 Å². The molecule has 4 aromatic rings. The Morgan fingerprint density at radius 3 is 2.59 bits per heavy atom. The van der Waals surface area contributed by atoms with Gasteiger partial charge in [-0.3, -0.25) is 14.2 Å². The van der Waals surface area contributed by atoms with E-state index in [-0.39, 0.29) is 17.5 Å². The Morgan fingerprint density at radius 2 is 1.85 bits per heavy atom. The number of benzene rings is 2. The van der Waals surface area contributed by atoms with Crippen molar-refractivity contribution in [2.45, 2.75) is 38.6 Å². The van der Waals surface area contributed by atoms with Gasteiger partial charge in [0, 0.05) is 23.4 Å². The largest absolute Gasteiger partial charge is 0.495 e. The Hall–Kier alpha value is -4.00. The van der Waals surface area contributed by atoms with E-state index in [0.29, 0.717) is 39.4 Å². The number of nitrogens with zero attached hydrogens (tertiary/aromatic N) is 3. The van der Waals surface area contributed by atoms with Crippen LogP contribution in [0.2, 0.25) is 0 Å². The minimum Gasteiger partial charge on any atom is -0.495 e. The molecule has 0 unspecified atom stereocenters. The van der Waals surface area contributed by atoms with E-state index in [4.69, 9.17) is 4.74 Å². The van der Waals surface area contributed by atoms with Crippen molar-refractivity contribution in [1.29, 1.82) is 0 Å². The monoisotopic (exact) mass is 454 g/mol. The summed E-state index contributed by atoms with van der Waals surface area (Å²) in [7, 11) is 1.57. The standard InChI is InChI=1S/C27H26N4O3/c1-17-9-14-23(34-2)22(16-17)30-26(32)19-12-10-18(11-13-19)24-27(33)31(20-6-3-4-7-20)25-21(29-24)8-5-15-28-25/h5,8-16,20H,3-4,6-7H2,1-2H3,(H,30,32). The molecule has 0 saturated heterocycles. The van der Waals surface area contributed by atoms with Crippen LogP contribution in [-0.4, -0.2) is 27.6 Å². The van der Waals surface area contributed by atoms with Crippen LogP contribution >= 0.6 is 0 Å². The molecule has 7 nitrogen and oxygen atoms in total. The summed E-state index contributed by atoms with van der Waals surface area (Å²) in [5.74, 6) is 0.339. The fourth-order valence-electron chi connectivity index (χ4n) is 4.62. The lowest BCUT2D eigenvalue weighted by Gasteiger charge is -2.17. The number of anilines is 1. The predicted molar refractivity (Wildman–Crippen MR) is 132 cm³/mol. The highest BCUT2D eigenvalue weighted by atomic mass is 16.5. The number of aromatic nitrogens is 3. The van der Waals surface area contributed by atoms with Crippen LogP contribution in [-0.2, 0) is 0 Å². The zero-order valence-electron chi connectivity index (χ0n) is 19.2. The van der Waals surface area contributed by atoms with E-state index in [9.17, 15) is 9.59 Å². The van der Waals surface area contributed by atoms with Gasteiger partial charge in [0.05, 0.1) is 12.8 Å². The van der Waals surface area contributed by atoms with E-state index in [1.165, 1.54) is 0 Å². The Morgan fingerprint density at radius 1 is 1.09 bits per heavy atom. The van der Waals surface area contributed by atoms with Crippen LogP contribution in [0.3, 0.4) is 0 Å². The van der Waals surface area contributed by atoms with Gasteiger partial charge in [-0.2, -0.15) is 0 Å². The second-order valence-electron chi connectivity index (χ2n) is 8.66. The van der Waals surface area contributed by atoms with Crippen molar-refractivity contribution < 1.29 is 9.53 Å². The Balaban J connectivity index is 1.49. The lowest BCUT2D eigenvalue weighted by Crippen LogP contribution is -2.27. The van der Waals surface area contributed by atoms with Gasteiger partial charge in [0.25, 0.3) is 11.5 Å². The summed E-state index contributed by atoms with van der Waals surface area (Å²) < 4.78 is 7.17. The third-order valence-electron chi connectivity index (χ3n) is 6.36. The normalized spacial score (nSPS) is 13.8. The van der Waals surface area contributed by atoms with Crippen LogP contribution in [0.4, 0.5) is 5.69 Å². The number of aryl methyl sites for hydroxylation is 1. The van der Waals surface area contributed by atoms with E-state index < -0.39 is 0 Å². The molecule has 1 fully saturated rings. The molecule has 2 aromatic carbocycles. The second kappa shape index (κ2) is 9.09. The van der Waals surface area contributed by atoms with Gasteiger partial charge in [0.15, 0.2) is 5.65 Å². The maximum Gasteiger partial charge on any atom is 0.278 e. The van der Waals surface area contributed by atoms with Gasteiger partial charge < -0.3 is 10.1 Å². The highest BCUT2D eigenvalue weighted by Crippen LogP contribution is 2.31. The van der Waals surface area contributed by atoms with Crippen molar-refractivity contribution in [3.63, 3.8) is 0 Å². The summed E-state index contributed by atoms with van der Waals surface area (Å²) in [6.45, 7) is 1.95. The molecule has 34 heavy (non-hydrogen) atoms. The highest BCUT2D eigenvalue weighted by Gasteiger charge is 2.23. The van der Waals surface area contributed by atoms with Gasteiger partial charge in [-0.05, 0) is 61.7 Å². The smallest absolute Gasteiger partial charge is 0.278 e. The SMILES string of the molecule is COc1ccc(C)cc1NC(=O)c1ccc(-c2nc3cccnc3n(C3CCCC3)c2=O)cc1. The number of carbonyl (C=O) groups is 1. The topological polar surface area (TPSA) is 86.1 Å². The average molecular weight is 455 g/mol. The molecule has 5 rings (SSSR count). The average Bonchev–Trinajstić information content (AvgIpc) is 3.38. The maximum atomic E-state index is 13.5. The molecule has 0 radical (unpaired) electrons. The number of carbonyl (C=O) groups excluding carboxylic acids is 1. The molecule has 1 aliphatic rings. The van der Waals surface area contributed by atoms with E-state index in [0.717, 1.165) is 31.2 Å². The van der Waals surface area contributed by atoms with Crippen LogP contribution < -0.4 is 15.6 Å². The van der Waals surface area contributed by atoms with Gasteiger partial charge in [-0.1, -0.05) is 31.0 Å². The van der Waals surface area contributed by atoms with Crippen LogP contribution in [0.1, 0.15) is 47.6 Å². The van der Waals surface area contributed by atoms with Crippen LogP contribution in [0.5, 0.6) is 5.75 Å². The number of hydrogen-bond donors (Lipinski definition) is 1. The molecule has 2 aromatic heterocycles. The lowest BCUT2D eigenvalue weighted by molar-refractivity contribution is 0.102. The molecular formula is C27H26N4O3. The minimum absolute atomic E-state index is 0.139. The van der Waals surface area contributed by atoms with Gasteiger partial charge in [-0.15, -0.1) is 0 Å². The molecule has 2 heterocycles. The minimum atomic E-state index is -0.255. The molecule has 7 heteroatoms. The first kappa shape index (κ1) is 21.8. The quantitative estimate of drug-likeness (QED) is 0.451. The summed E-state index contributed by atoms with van der Waals surface area (Å²) >= 11 is 0. The summed E-state index contributed by atoms with van der Waals surface area (Å²) in [5.41, 5.74) is 4.34. The Bertz CT molecular complexity index is 1420. The zero-order valence-corrected chi connectivity index (χ0v) is 19.2. The number of methoxy groups -OCH3 is 1. The first-order valence-electron chi connectivity index (χ1n) is 11.5. The van der Waals surface area contributed by atoms with Crippen molar-refractivity contribution in [3.8, 4) is 17.0 Å². The fourth-order valence-corrected chi connectivity index (χ4v) is 4.62. The Kier molecular flexibility index (Phi) is 5.84.